The van der Waals surface area contributed by atoms with E-state index in [2.05, 4.69) is 19.9 Å². The molecule has 4 rings (SSSR count). The van der Waals surface area contributed by atoms with Crippen LogP contribution in [-0.4, -0.2) is 19.9 Å². The highest BCUT2D eigenvalue weighted by Crippen LogP contribution is 2.27. The van der Waals surface area contributed by atoms with Crippen LogP contribution in [0.4, 0.5) is 11.5 Å². The van der Waals surface area contributed by atoms with Crippen molar-refractivity contribution in [3.05, 3.63) is 55.0 Å². The predicted octanol–water partition coefficient (Wildman–Crippen LogP) is 2.85. The molecule has 23 heavy (non-hydrogen) atoms. The van der Waals surface area contributed by atoms with Gasteiger partial charge in [0.2, 0.25) is 0 Å². The Labute approximate surface area is 132 Å². The number of hydrogen-bond acceptors (Lipinski definition) is 5. The van der Waals surface area contributed by atoms with Crippen LogP contribution in [0.2, 0.25) is 0 Å². The van der Waals surface area contributed by atoms with Gasteiger partial charge < -0.3 is 16.5 Å². The van der Waals surface area contributed by atoms with Crippen LogP contribution in [-0.2, 0) is 0 Å². The van der Waals surface area contributed by atoms with Crippen molar-refractivity contribution in [1.82, 2.24) is 19.9 Å². The second-order valence-electron chi connectivity index (χ2n) is 5.25. The van der Waals surface area contributed by atoms with E-state index in [1.54, 1.807) is 18.6 Å². The molecule has 0 unspecified atom stereocenters. The maximum absolute atomic E-state index is 5.84. The molecular weight excluding hydrogens is 288 g/mol. The van der Waals surface area contributed by atoms with Crippen molar-refractivity contribution < 1.29 is 0 Å². The number of H-pyrrole nitrogens is 1. The number of nitrogens with one attached hydrogen (secondary N) is 1. The molecule has 1 aromatic carbocycles. The van der Waals surface area contributed by atoms with Gasteiger partial charge in [-0.2, -0.15) is 0 Å². The summed E-state index contributed by atoms with van der Waals surface area (Å²) >= 11 is 0. The molecule has 0 spiro atoms. The van der Waals surface area contributed by atoms with E-state index >= 15 is 0 Å². The molecule has 0 saturated carbocycles. The molecule has 6 nitrogen and oxygen atoms in total. The second kappa shape index (κ2) is 5.10. The van der Waals surface area contributed by atoms with Crippen LogP contribution in [0, 0.1) is 0 Å². The van der Waals surface area contributed by atoms with E-state index in [-0.39, 0.29) is 0 Å². The van der Waals surface area contributed by atoms with Gasteiger partial charge in [0.15, 0.2) is 0 Å². The summed E-state index contributed by atoms with van der Waals surface area (Å²) in [5.74, 6) is 1.16. The fourth-order valence-electron chi connectivity index (χ4n) is 2.48. The molecule has 0 aliphatic heterocycles. The molecule has 4 aromatic rings. The Morgan fingerprint density at radius 1 is 0.870 bits per heavy atom. The summed E-state index contributed by atoms with van der Waals surface area (Å²) in [6, 6.07) is 11.7. The molecule has 0 atom stereocenters. The van der Waals surface area contributed by atoms with Crippen molar-refractivity contribution in [3.8, 4) is 22.5 Å². The molecule has 6 heteroatoms. The average molecular weight is 302 g/mol. The summed E-state index contributed by atoms with van der Waals surface area (Å²) < 4.78 is 0. The van der Waals surface area contributed by atoms with Gasteiger partial charge in [-0.25, -0.2) is 9.97 Å². The number of aromatic nitrogens is 4. The Bertz CT molecular complexity index is 991. The molecule has 0 fully saturated rings. The van der Waals surface area contributed by atoms with Crippen LogP contribution in [0.15, 0.2) is 55.0 Å². The fourth-order valence-corrected chi connectivity index (χ4v) is 2.48. The monoisotopic (exact) mass is 302 g/mol. The van der Waals surface area contributed by atoms with E-state index in [0.29, 0.717) is 11.5 Å². The minimum absolute atomic E-state index is 0.342. The molecule has 3 aromatic heterocycles. The third kappa shape index (κ3) is 2.36. The topological polar surface area (TPSA) is 106 Å². The van der Waals surface area contributed by atoms with Gasteiger partial charge in [-0.15, -0.1) is 0 Å². The Kier molecular flexibility index (Phi) is 2.94. The van der Waals surface area contributed by atoms with Crippen molar-refractivity contribution in [2.24, 2.45) is 0 Å². The zero-order chi connectivity index (χ0) is 15.8. The Morgan fingerprint density at radius 3 is 2.48 bits per heavy atom. The van der Waals surface area contributed by atoms with E-state index in [0.717, 1.165) is 33.5 Å². The number of hydrogen-bond donors (Lipinski definition) is 3. The second-order valence-corrected chi connectivity index (χ2v) is 5.25. The third-order valence-electron chi connectivity index (χ3n) is 3.72. The Morgan fingerprint density at radius 2 is 1.70 bits per heavy atom. The van der Waals surface area contributed by atoms with E-state index in [1.807, 2.05) is 36.4 Å². The van der Waals surface area contributed by atoms with E-state index in [9.17, 15) is 0 Å². The molecule has 112 valence electrons. The van der Waals surface area contributed by atoms with Crippen molar-refractivity contribution in [1.29, 1.82) is 0 Å². The number of fused-ring (bicyclic) bond motifs is 1. The number of pyridine rings is 2. The summed E-state index contributed by atoms with van der Waals surface area (Å²) in [4.78, 5) is 16.1. The number of nitrogens with two attached hydrogens (primary N) is 2. The van der Waals surface area contributed by atoms with Crippen LogP contribution < -0.4 is 11.5 Å². The summed E-state index contributed by atoms with van der Waals surface area (Å²) in [5, 5.41) is 0. The van der Waals surface area contributed by atoms with E-state index < -0.39 is 0 Å². The highest BCUT2D eigenvalue weighted by molar-refractivity contribution is 5.85. The first-order valence-electron chi connectivity index (χ1n) is 7.12. The molecule has 0 radical (unpaired) electrons. The Balaban J connectivity index is 1.80. The first-order chi connectivity index (χ1) is 11.2. The lowest BCUT2D eigenvalue weighted by Gasteiger charge is -2.04. The highest BCUT2D eigenvalue weighted by Gasteiger charge is 2.08. The summed E-state index contributed by atoms with van der Waals surface area (Å²) in [6.07, 6.45) is 5.21. The molecule has 5 N–H and O–H groups in total. The normalized spacial score (nSPS) is 11.0. The molecule has 0 amide bonds. The third-order valence-corrected chi connectivity index (χ3v) is 3.72. The molecule has 0 aliphatic carbocycles. The minimum atomic E-state index is 0.342. The van der Waals surface area contributed by atoms with Gasteiger partial charge in [-0.3, -0.25) is 4.98 Å². The number of rotatable bonds is 2. The zero-order valence-corrected chi connectivity index (χ0v) is 12.2. The summed E-state index contributed by atoms with van der Waals surface area (Å²) in [6.45, 7) is 0. The first kappa shape index (κ1) is 13.3. The van der Waals surface area contributed by atoms with Gasteiger partial charge in [0, 0.05) is 29.7 Å². The lowest BCUT2D eigenvalue weighted by Crippen LogP contribution is -1.97. The maximum Gasteiger partial charge on any atom is 0.146 e. The zero-order valence-electron chi connectivity index (χ0n) is 12.2. The molecular formula is C17H14N6. The van der Waals surface area contributed by atoms with E-state index in [1.165, 1.54) is 0 Å². The van der Waals surface area contributed by atoms with Crippen LogP contribution in [0.5, 0.6) is 0 Å². The molecule has 0 saturated heterocycles. The standard InChI is InChI=1S/C17H14N6/c18-13-7-12(9-21-16(13)19)11-1-2-14-15(8-11)23-17(22-14)10-3-5-20-6-4-10/h1-9H,18H2,(H2,19,21)(H,22,23). The van der Waals surface area contributed by atoms with Crippen LogP contribution in [0.25, 0.3) is 33.5 Å². The number of anilines is 2. The molecule has 0 aliphatic rings. The smallest absolute Gasteiger partial charge is 0.146 e. The van der Waals surface area contributed by atoms with Crippen molar-refractivity contribution in [3.63, 3.8) is 0 Å². The van der Waals surface area contributed by atoms with Crippen molar-refractivity contribution in [2.75, 3.05) is 11.5 Å². The van der Waals surface area contributed by atoms with Gasteiger partial charge in [-0.05, 0) is 35.9 Å². The average Bonchev–Trinajstić information content (AvgIpc) is 3.01. The number of benzene rings is 1. The predicted molar refractivity (Wildman–Crippen MR) is 91.4 cm³/mol. The summed E-state index contributed by atoms with van der Waals surface area (Å²) in [7, 11) is 0. The lowest BCUT2D eigenvalue weighted by molar-refractivity contribution is 1.28. The maximum atomic E-state index is 5.84. The first-order valence-corrected chi connectivity index (χ1v) is 7.12. The number of imidazole rings is 1. The van der Waals surface area contributed by atoms with Crippen LogP contribution in [0.3, 0.4) is 0 Å². The van der Waals surface area contributed by atoms with Gasteiger partial charge in [0.05, 0.1) is 16.7 Å². The summed E-state index contributed by atoms with van der Waals surface area (Å²) in [5.41, 5.74) is 16.7. The quantitative estimate of drug-likeness (QED) is 0.528. The van der Waals surface area contributed by atoms with E-state index in [4.69, 9.17) is 11.5 Å². The molecule has 0 bridgehead atoms. The number of aromatic amines is 1. The number of nitrogen functional groups attached to an aromatic ring is 2. The SMILES string of the molecule is Nc1cc(-c2ccc3[nH]c(-c4ccncc4)nc3c2)cnc1N. The van der Waals surface area contributed by atoms with Crippen LogP contribution in [0.1, 0.15) is 0 Å². The van der Waals surface area contributed by atoms with Crippen LogP contribution >= 0.6 is 0 Å². The van der Waals surface area contributed by atoms with Crippen molar-refractivity contribution >= 4 is 22.5 Å². The van der Waals surface area contributed by atoms with Gasteiger partial charge in [0.1, 0.15) is 11.6 Å². The number of nitrogens with zero attached hydrogens (tertiary/aromatic N) is 3. The van der Waals surface area contributed by atoms with Crippen molar-refractivity contribution in [2.45, 2.75) is 0 Å². The van der Waals surface area contributed by atoms with Gasteiger partial charge >= 0.3 is 0 Å². The van der Waals surface area contributed by atoms with Gasteiger partial charge in [-0.1, -0.05) is 6.07 Å². The Hall–Kier alpha value is -3.41. The van der Waals surface area contributed by atoms with Gasteiger partial charge in [0.25, 0.3) is 0 Å². The lowest BCUT2D eigenvalue weighted by atomic mass is 10.1. The fraction of sp³-hybridized carbons (Fsp3) is 0. The molecule has 3 heterocycles. The highest BCUT2D eigenvalue weighted by atomic mass is 14.9. The largest absolute Gasteiger partial charge is 0.396 e. The minimum Gasteiger partial charge on any atom is -0.396 e.